The van der Waals surface area contributed by atoms with Crippen molar-refractivity contribution in [1.82, 2.24) is 14.9 Å². The van der Waals surface area contributed by atoms with E-state index in [9.17, 15) is 26.3 Å². The van der Waals surface area contributed by atoms with Crippen LogP contribution in [-0.4, -0.2) is 65.0 Å². The second-order valence-corrected chi connectivity index (χ2v) is 5.44. The lowest BCUT2D eigenvalue weighted by molar-refractivity contribution is -0.208. The van der Waals surface area contributed by atoms with Crippen molar-refractivity contribution in [3.8, 4) is 0 Å². The first kappa shape index (κ1) is 18.7. The van der Waals surface area contributed by atoms with Gasteiger partial charge in [-0.15, -0.1) is 0 Å². The fourth-order valence-corrected chi connectivity index (χ4v) is 2.36. The lowest BCUT2D eigenvalue weighted by Gasteiger charge is -2.25. The average Bonchev–Trinajstić information content (AvgIpc) is 2.71. The maximum Gasteiger partial charge on any atom is 0.433 e. The summed E-state index contributed by atoms with van der Waals surface area (Å²) in [5.41, 5.74) is -1.07. The monoisotopic (exact) mass is 358 g/mol. The second kappa shape index (κ2) is 7.09. The van der Waals surface area contributed by atoms with Gasteiger partial charge in [-0.3, -0.25) is 4.90 Å². The Kier molecular flexibility index (Phi) is 5.53. The minimum Gasteiger partial charge on any atom is -0.382 e. The van der Waals surface area contributed by atoms with Gasteiger partial charge in [0.1, 0.15) is 5.69 Å². The quantitative estimate of drug-likeness (QED) is 0.837. The summed E-state index contributed by atoms with van der Waals surface area (Å²) in [5.74, 6) is -0.108. The molecule has 1 saturated heterocycles. The van der Waals surface area contributed by atoms with Gasteiger partial charge in [-0.2, -0.15) is 26.3 Å². The number of anilines is 1. The predicted octanol–water partition coefficient (Wildman–Crippen LogP) is 1.93. The number of β-amino-alcohol motifs (C(OH)–C–C–N with tert-alkyl or cyclic N) is 1. The van der Waals surface area contributed by atoms with Gasteiger partial charge in [0.15, 0.2) is 6.10 Å². The maximum absolute atomic E-state index is 12.7. The minimum atomic E-state index is -4.70. The van der Waals surface area contributed by atoms with Gasteiger partial charge in [0.25, 0.3) is 0 Å². The van der Waals surface area contributed by atoms with Gasteiger partial charge in [-0.05, 0) is 12.5 Å². The van der Waals surface area contributed by atoms with E-state index in [1.165, 1.54) is 9.80 Å². The molecule has 0 spiro atoms. The normalized spacial score (nSPS) is 19.2. The van der Waals surface area contributed by atoms with Gasteiger partial charge < -0.3 is 10.0 Å². The lowest BCUT2D eigenvalue weighted by Crippen LogP contribution is -2.42. The number of halogens is 6. The molecule has 0 saturated carbocycles. The summed E-state index contributed by atoms with van der Waals surface area (Å²) in [6.07, 6.45) is -10.3. The van der Waals surface area contributed by atoms with E-state index in [1.807, 2.05) is 0 Å². The summed E-state index contributed by atoms with van der Waals surface area (Å²) < 4.78 is 75.2. The molecule has 1 aromatic rings. The van der Waals surface area contributed by atoms with Crippen LogP contribution in [0.4, 0.5) is 32.3 Å². The molecule has 0 aliphatic carbocycles. The van der Waals surface area contributed by atoms with E-state index >= 15 is 0 Å². The lowest BCUT2D eigenvalue weighted by atomic mass is 10.3. The van der Waals surface area contributed by atoms with Gasteiger partial charge in [0, 0.05) is 38.9 Å². The molecule has 1 atom stereocenters. The van der Waals surface area contributed by atoms with E-state index in [-0.39, 0.29) is 19.0 Å². The Balaban J connectivity index is 2.01. The van der Waals surface area contributed by atoms with E-state index in [0.29, 0.717) is 19.5 Å². The van der Waals surface area contributed by atoms with Crippen molar-refractivity contribution in [2.24, 2.45) is 0 Å². The molecule has 0 radical (unpaired) electrons. The Hall–Kier alpha value is -1.62. The summed E-state index contributed by atoms with van der Waals surface area (Å²) in [7, 11) is 0. The van der Waals surface area contributed by atoms with Crippen LogP contribution in [0.3, 0.4) is 0 Å². The van der Waals surface area contributed by atoms with Crippen molar-refractivity contribution >= 4 is 5.95 Å². The van der Waals surface area contributed by atoms with Crippen molar-refractivity contribution in [2.45, 2.75) is 24.9 Å². The first-order valence-electron chi connectivity index (χ1n) is 7.19. The molecule has 11 heteroatoms. The third-order valence-electron chi connectivity index (χ3n) is 3.61. The van der Waals surface area contributed by atoms with Crippen LogP contribution < -0.4 is 4.90 Å². The molecule has 1 aromatic heterocycles. The molecular formula is C13H16F6N4O. The SMILES string of the molecule is O[C@H](CN1CCCN(c2nccc(C(F)(F)F)n2)CC1)C(F)(F)F. The van der Waals surface area contributed by atoms with Crippen LogP contribution in [0.2, 0.25) is 0 Å². The van der Waals surface area contributed by atoms with Crippen LogP contribution in [0.5, 0.6) is 0 Å². The molecule has 1 fully saturated rings. The van der Waals surface area contributed by atoms with Crippen LogP contribution in [0.25, 0.3) is 0 Å². The Morgan fingerprint density at radius 1 is 1.08 bits per heavy atom. The fourth-order valence-electron chi connectivity index (χ4n) is 2.36. The minimum absolute atomic E-state index is 0.108. The zero-order chi connectivity index (χ0) is 18.0. The number of aliphatic hydroxyl groups is 1. The van der Waals surface area contributed by atoms with Gasteiger partial charge in [0.05, 0.1) is 0 Å². The average molecular weight is 358 g/mol. The Morgan fingerprint density at radius 3 is 2.42 bits per heavy atom. The molecule has 5 nitrogen and oxygen atoms in total. The second-order valence-electron chi connectivity index (χ2n) is 5.44. The predicted molar refractivity (Wildman–Crippen MR) is 72.4 cm³/mol. The van der Waals surface area contributed by atoms with Crippen molar-refractivity contribution in [3.63, 3.8) is 0 Å². The molecule has 1 aliphatic heterocycles. The van der Waals surface area contributed by atoms with Crippen LogP contribution >= 0.6 is 0 Å². The van der Waals surface area contributed by atoms with Crippen molar-refractivity contribution in [3.05, 3.63) is 18.0 Å². The van der Waals surface area contributed by atoms with Gasteiger partial charge in [0.2, 0.25) is 5.95 Å². The summed E-state index contributed by atoms with van der Waals surface area (Å²) in [4.78, 5) is 10.2. The van der Waals surface area contributed by atoms with Crippen LogP contribution in [0.15, 0.2) is 12.3 Å². The zero-order valence-corrected chi connectivity index (χ0v) is 12.5. The van der Waals surface area contributed by atoms with E-state index in [2.05, 4.69) is 9.97 Å². The highest BCUT2D eigenvalue weighted by molar-refractivity contribution is 5.31. The van der Waals surface area contributed by atoms with E-state index in [4.69, 9.17) is 5.11 Å². The molecule has 136 valence electrons. The molecule has 0 unspecified atom stereocenters. The number of aliphatic hydroxyl groups excluding tert-OH is 1. The highest BCUT2D eigenvalue weighted by Crippen LogP contribution is 2.28. The molecule has 0 aromatic carbocycles. The summed E-state index contributed by atoms with van der Waals surface area (Å²) >= 11 is 0. The van der Waals surface area contributed by atoms with Crippen molar-refractivity contribution < 1.29 is 31.4 Å². The third kappa shape index (κ3) is 4.94. The molecule has 2 heterocycles. The van der Waals surface area contributed by atoms with E-state index in [0.717, 1.165) is 12.3 Å². The summed E-state index contributed by atoms with van der Waals surface area (Å²) in [5, 5.41) is 9.11. The van der Waals surface area contributed by atoms with Crippen LogP contribution in [0.1, 0.15) is 12.1 Å². The summed E-state index contributed by atoms with van der Waals surface area (Å²) in [6, 6.07) is 0.757. The Labute approximate surface area is 133 Å². The fraction of sp³-hybridized carbons (Fsp3) is 0.692. The molecule has 0 bridgehead atoms. The van der Waals surface area contributed by atoms with Crippen LogP contribution in [-0.2, 0) is 6.18 Å². The highest BCUT2D eigenvalue weighted by Gasteiger charge is 2.39. The topological polar surface area (TPSA) is 52.5 Å². The van der Waals surface area contributed by atoms with E-state index in [1.54, 1.807) is 0 Å². The van der Waals surface area contributed by atoms with Gasteiger partial charge >= 0.3 is 12.4 Å². The zero-order valence-electron chi connectivity index (χ0n) is 12.5. The molecular weight excluding hydrogens is 342 g/mol. The number of hydrogen-bond donors (Lipinski definition) is 1. The van der Waals surface area contributed by atoms with Crippen molar-refractivity contribution in [1.29, 1.82) is 0 Å². The third-order valence-corrected chi connectivity index (χ3v) is 3.61. The Bertz CT molecular complexity index is 550. The maximum atomic E-state index is 12.7. The van der Waals surface area contributed by atoms with Gasteiger partial charge in [-0.1, -0.05) is 0 Å². The highest BCUT2D eigenvalue weighted by atomic mass is 19.4. The van der Waals surface area contributed by atoms with Crippen molar-refractivity contribution in [2.75, 3.05) is 37.6 Å². The first-order valence-corrected chi connectivity index (χ1v) is 7.19. The van der Waals surface area contributed by atoms with E-state index < -0.39 is 30.7 Å². The molecule has 1 N–H and O–H groups in total. The summed E-state index contributed by atoms with van der Waals surface area (Å²) in [6.45, 7) is 0.377. The molecule has 2 rings (SSSR count). The number of aromatic nitrogens is 2. The standard InChI is InChI=1S/C13H16F6N4O/c14-12(15,16)9-2-3-20-11(21-9)23-5-1-4-22(6-7-23)8-10(24)13(17,18)19/h2-3,10,24H,1,4-8H2/t10-/m1/s1. The molecule has 24 heavy (non-hydrogen) atoms. The Morgan fingerprint density at radius 2 is 1.79 bits per heavy atom. The number of rotatable bonds is 3. The number of hydrogen-bond acceptors (Lipinski definition) is 5. The molecule has 1 aliphatic rings. The number of nitrogens with zero attached hydrogens (tertiary/aromatic N) is 4. The first-order chi connectivity index (χ1) is 11.1. The van der Waals surface area contributed by atoms with Crippen LogP contribution in [0, 0.1) is 0 Å². The van der Waals surface area contributed by atoms with Gasteiger partial charge in [-0.25, -0.2) is 9.97 Å². The number of alkyl halides is 6. The largest absolute Gasteiger partial charge is 0.433 e. The molecule has 0 amide bonds. The smallest absolute Gasteiger partial charge is 0.382 e.